The number of nitrogens with zero attached hydrogens (tertiary/aromatic N) is 2. The largest absolute Gasteiger partial charge is 0.311 e. The van der Waals surface area contributed by atoms with E-state index in [0.29, 0.717) is 11.3 Å². The van der Waals surface area contributed by atoms with Crippen molar-refractivity contribution in [2.24, 2.45) is 7.05 Å². The van der Waals surface area contributed by atoms with Crippen molar-refractivity contribution < 1.29 is 4.92 Å². The van der Waals surface area contributed by atoms with Crippen molar-refractivity contribution in [2.45, 2.75) is 0 Å². The van der Waals surface area contributed by atoms with Crippen LogP contribution in [0.2, 0.25) is 0 Å². The van der Waals surface area contributed by atoms with E-state index in [2.05, 4.69) is 0 Å². The molecular formula is C24H18N2O3. The third-order valence-corrected chi connectivity index (χ3v) is 4.95. The van der Waals surface area contributed by atoms with Crippen molar-refractivity contribution in [3.63, 3.8) is 0 Å². The maximum Gasteiger partial charge on any atom is 0.269 e. The summed E-state index contributed by atoms with van der Waals surface area (Å²) in [4.78, 5) is 23.9. The third-order valence-electron chi connectivity index (χ3n) is 4.95. The predicted octanol–water partition coefficient (Wildman–Crippen LogP) is 5.29. The molecule has 0 unspecified atom stereocenters. The van der Waals surface area contributed by atoms with E-state index >= 15 is 0 Å². The Morgan fingerprint density at radius 2 is 1.31 bits per heavy atom. The van der Waals surface area contributed by atoms with Crippen LogP contribution in [0.15, 0.2) is 95.8 Å². The van der Waals surface area contributed by atoms with E-state index in [9.17, 15) is 14.9 Å². The van der Waals surface area contributed by atoms with Crippen molar-refractivity contribution in [1.29, 1.82) is 0 Å². The molecule has 0 fully saturated rings. The fourth-order valence-corrected chi connectivity index (χ4v) is 3.46. The Labute approximate surface area is 167 Å². The molecule has 142 valence electrons. The number of nitro benzene ring substituents is 1. The van der Waals surface area contributed by atoms with Gasteiger partial charge < -0.3 is 4.57 Å². The molecule has 0 amide bonds. The van der Waals surface area contributed by atoms with E-state index in [4.69, 9.17) is 0 Å². The smallest absolute Gasteiger partial charge is 0.269 e. The first kappa shape index (κ1) is 18.4. The molecule has 0 aliphatic carbocycles. The van der Waals surface area contributed by atoms with Crippen molar-refractivity contribution in [3.05, 3.63) is 111 Å². The number of hydrogen-bond donors (Lipinski definition) is 0. The summed E-state index contributed by atoms with van der Waals surface area (Å²) in [5.41, 5.74) is 4.58. The minimum atomic E-state index is -0.434. The second-order valence-electron chi connectivity index (χ2n) is 6.72. The van der Waals surface area contributed by atoms with Crippen LogP contribution in [0.1, 0.15) is 0 Å². The first-order valence-corrected chi connectivity index (χ1v) is 9.16. The summed E-state index contributed by atoms with van der Waals surface area (Å²) in [6, 6.07) is 27.6. The van der Waals surface area contributed by atoms with Crippen molar-refractivity contribution >= 4 is 5.69 Å². The van der Waals surface area contributed by atoms with Gasteiger partial charge in [-0.3, -0.25) is 14.9 Å². The highest BCUT2D eigenvalue weighted by Crippen LogP contribution is 2.33. The molecule has 29 heavy (non-hydrogen) atoms. The van der Waals surface area contributed by atoms with E-state index in [0.717, 1.165) is 22.3 Å². The highest BCUT2D eigenvalue weighted by atomic mass is 16.6. The molecule has 5 nitrogen and oxygen atoms in total. The molecule has 5 heteroatoms. The first-order chi connectivity index (χ1) is 14.1. The van der Waals surface area contributed by atoms with Crippen LogP contribution in [0.3, 0.4) is 0 Å². The Morgan fingerprint density at radius 1 is 0.759 bits per heavy atom. The lowest BCUT2D eigenvalue weighted by molar-refractivity contribution is -0.384. The second kappa shape index (κ2) is 7.56. The summed E-state index contributed by atoms with van der Waals surface area (Å²) in [7, 11) is 1.72. The van der Waals surface area contributed by atoms with Crippen molar-refractivity contribution in [1.82, 2.24) is 4.57 Å². The lowest BCUT2D eigenvalue weighted by Crippen LogP contribution is -2.21. The van der Waals surface area contributed by atoms with Crippen molar-refractivity contribution in [3.8, 4) is 33.5 Å². The molecule has 4 rings (SSSR count). The molecule has 0 saturated heterocycles. The van der Waals surface area contributed by atoms with Gasteiger partial charge in [0, 0.05) is 19.2 Å². The van der Waals surface area contributed by atoms with Gasteiger partial charge in [0.1, 0.15) is 0 Å². The Morgan fingerprint density at radius 3 is 1.86 bits per heavy atom. The number of rotatable bonds is 4. The monoisotopic (exact) mass is 382 g/mol. The molecule has 0 spiro atoms. The van der Waals surface area contributed by atoms with Crippen LogP contribution < -0.4 is 5.56 Å². The van der Waals surface area contributed by atoms with E-state index in [1.54, 1.807) is 23.7 Å². The SMILES string of the molecule is Cn1c(-c2ccc([N+](=O)[O-])cc2)cc(-c2ccccc2)c(-c2ccccc2)c1=O. The average molecular weight is 382 g/mol. The zero-order valence-corrected chi connectivity index (χ0v) is 15.8. The van der Waals surface area contributed by atoms with E-state index in [1.807, 2.05) is 66.7 Å². The molecule has 0 aliphatic heterocycles. The van der Waals surface area contributed by atoms with Crippen LogP contribution in [-0.2, 0) is 7.05 Å². The van der Waals surface area contributed by atoms with Crippen LogP contribution in [0.25, 0.3) is 33.5 Å². The Hall–Kier alpha value is -3.99. The highest BCUT2D eigenvalue weighted by Gasteiger charge is 2.17. The maximum absolute atomic E-state index is 13.4. The van der Waals surface area contributed by atoms with E-state index in [-0.39, 0.29) is 11.2 Å². The molecule has 0 aliphatic rings. The molecular weight excluding hydrogens is 364 g/mol. The molecule has 0 N–H and O–H groups in total. The molecule has 0 bridgehead atoms. The average Bonchev–Trinajstić information content (AvgIpc) is 2.76. The number of non-ortho nitro benzene ring substituents is 1. The first-order valence-electron chi connectivity index (χ1n) is 9.16. The number of pyridine rings is 1. The van der Waals surface area contributed by atoms with Crippen LogP contribution in [-0.4, -0.2) is 9.49 Å². The minimum Gasteiger partial charge on any atom is -0.311 e. The Kier molecular flexibility index (Phi) is 4.79. The van der Waals surface area contributed by atoms with Crippen LogP contribution >= 0.6 is 0 Å². The third kappa shape index (κ3) is 3.46. The molecule has 0 radical (unpaired) electrons. The number of nitro groups is 1. The van der Waals surface area contributed by atoms with Gasteiger partial charge in [-0.25, -0.2) is 0 Å². The molecule has 1 aromatic heterocycles. The topological polar surface area (TPSA) is 65.1 Å². The van der Waals surface area contributed by atoms with E-state index < -0.39 is 4.92 Å². The standard InChI is InChI=1S/C24H18N2O3/c1-25-22(18-12-14-20(15-13-18)26(28)29)16-21(17-8-4-2-5-9-17)23(24(25)27)19-10-6-3-7-11-19/h2-16H,1H3. The second-order valence-corrected chi connectivity index (χ2v) is 6.72. The lowest BCUT2D eigenvalue weighted by atomic mass is 9.94. The number of benzene rings is 3. The highest BCUT2D eigenvalue weighted by molar-refractivity contribution is 5.85. The normalized spacial score (nSPS) is 10.7. The fraction of sp³-hybridized carbons (Fsp3) is 0.0417. The number of aromatic nitrogens is 1. The molecule has 4 aromatic rings. The van der Waals surface area contributed by atoms with Gasteiger partial charge in [0.2, 0.25) is 0 Å². The zero-order chi connectivity index (χ0) is 20.4. The van der Waals surface area contributed by atoms with Crippen LogP contribution in [0, 0.1) is 10.1 Å². The van der Waals surface area contributed by atoms with Crippen LogP contribution in [0.4, 0.5) is 5.69 Å². The van der Waals surface area contributed by atoms with Gasteiger partial charge in [-0.05, 0) is 40.5 Å². The Balaban J connectivity index is 1.99. The minimum absolute atomic E-state index is 0.0166. The molecule has 3 aromatic carbocycles. The molecule has 1 heterocycles. The van der Waals surface area contributed by atoms with Gasteiger partial charge in [-0.2, -0.15) is 0 Å². The van der Waals surface area contributed by atoms with E-state index in [1.165, 1.54) is 12.1 Å². The summed E-state index contributed by atoms with van der Waals surface area (Å²) in [6.45, 7) is 0. The van der Waals surface area contributed by atoms with Gasteiger partial charge in [0.05, 0.1) is 16.2 Å². The zero-order valence-electron chi connectivity index (χ0n) is 15.8. The predicted molar refractivity (Wildman–Crippen MR) is 115 cm³/mol. The molecule has 0 saturated carbocycles. The summed E-state index contributed by atoms with van der Waals surface area (Å²) in [5, 5.41) is 11.0. The summed E-state index contributed by atoms with van der Waals surface area (Å²) in [6.07, 6.45) is 0. The maximum atomic E-state index is 13.4. The van der Waals surface area contributed by atoms with Gasteiger partial charge in [0.15, 0.2) is 0 Å². The van der Waals surface area contributed by atoms with Crippen LogP contribution in [0.5, 0.6) is 0 Å². The summed E-state index contributed by atoms with van der Waals surface area (Å²) in [5.74, 6) is 0. The summed E-state index contributed by atoms with van der Waals surface area (Å²) < 4.78 is 1.59. The van der Waals surface area contributed by atoms with Gasteiger partial charge >= 0.3 is 0 Å². The fourth-order valence-electron chi connectivity index (χ4n) is 3.46. The van der Waals surface area contributed by atoms with Gasteiger partial charge in [-0.1, -0.05) is 60.7 Å². The van der Waals surface area contributed by atoms with Gasteiger partial charge in [-0.15, -0.1) is 0 Å². The van der Waals surface area contributed by atoms with Gasteiger partial charge in [0.25, 0.3) is 11.2 Å². The van der Waals surface area contributed by atoms with Crippen molar-refractivity contribution in [2.75, 3.05) is 0 Å². The Bertz CT molecular complexity index is 1230. The molecule has 0 atom stereocenters. The lowest BCUT2D eigenvalue weighted by Gasteiger charge is -2.16. The quantitative estimate of drug-likeness (QED) is 0.356. The number of hydrogen-bond acceptors (Lipinski definition) is 3. The summed E-state index contributed by atoms with van der Waals surface area (Å²) >= 11 is 0.